The van der Waals surface area contributed by atoms with Crippen molar-refractivity contribution in [2.45, 2.75) is 46.5 Å². The Balaban J connectivity index is 1.58. The van der Waals surface area contributed by atoms with Crippen molar-refractivity contribution in [3.05, 3.63) is 87.6 Å². The van der Waals surface area contributed by atoms with Crippen molar-refractivity contribution in [2.75, 3.05) is 23.0 Å². The predicted octanol–water partition coefficient (Wildman–Crippen LogP) is 7.30. The molecule has 0 aliphatic carbocycles. The summed E-state index contributed by atoms with van der Waals surface area (Å²) in [6, 6.07) is 16.3. The molecule has 43 heavy (non-hydrogen) atoms. The topological polar surface area (TPSA) is 121 Å². The van der Waals surface area contributed by atoms with Gasteiger partial charge in [-0.3, -0.25) is 9.11 Å². The third-order valence-corrected chi connectivity index (χ3v) is 10.5. The molecule has 0 saturated carbocycles. The lowest BCUT2D eigenvalue weighted by Gasteiger charge is -2.19. The van der Waals surface area contributed by atoms with Crippen LogP contribution in [0.2, 0.25) is 0 Å². The van der Waals surface area contributed by atoms with Gasteiger partial charge in [-0.05, 0) is 96.8 Å². The molecule has 8 nitrogen and oxygen atoms in total. The number of ether oxygens (including phenoxy) is 1. The Morgan fingerprint density at radius 3 is 2.37 bits per heavy atom. The van der Waals surface area contributed by atoms with Crippen molar-refractivity contribution in [1.29, 1.82) is 0 Å². The molecule has 0 spiro atoms. The monoisotopic (exact) mass is 641 g/mol. The Morgan fingerprint density at radius 2 is 1.65 bits per heavy atom. The van der Waals surface area contributed by atoms with Gasteiger partial charge in [0.05, 0.1) is 17.2 Å². The third-order valence-electron chi connectivity index (χ3n) is 7.70. The lowest BCUT2D eigenvalue weighted by atomic mass is 9.99. The van der Waals surface area contributed by atoms with Gasteiger partial charge in [-0.15, -0.1) is 11.3 Å². The molecular weight excluding hydrogens is 607 g/mol. The smallest absolute Gasteiger partial charge is 0.264 e. The van der Waals surface area contributed by atoms with E-state index in [0.717, 1.165) is 53.7 Å². The molecule has 0 amide bonds. The van der Waals surface area contributed by atoms with E-state index in [2.05, 4.69) is 30.3 Å². The number of benzene rings is 3. The van der Waals surface area contributed by atoms with E-state index in [4.69, 9.17) is 4.74 Å². The Morgan fingerprint density at radius 1 is 0.953 bits per heavy atom. The average Bonchev–Trinajstić information content (AvgIpc) is 3.44. The highest BCUT2D eigenvalue weighted by Gasteiger charge is 2.27. The number of rotatable bonds is 11. The van der Waals surface area contributed by atoms with Crippen LogP contribution in [0.25, 0.3) is 26.9 Å². The predicted molar refractivity (Wildman–Crippen MR) is 175 cm³/mol. The van der Waals surface area contributed by atoms with Gasteiger partial charge in [0.2, 0.25) is 5.88 Å². The third kappa shape index (κ3) is 7.30. The van der Waals surface area contributed by atoms with Crippen LogP contribution in [0.1, 0.15) is 47.8 Å². The Labute approximate surface area is 256 Å². The van der Waals surface area contributed by atoms with Crippen LogP contribution in [0, 0.1) is 13.8 Å². The minimum Gasteiger partial charge on any atom is -0.439 e. The molecule has 11 heteroatoms. The van der Waals surface area contributed by atoms with E-state index in [1.54, 1.807) is 11.3 Å². The molecule has 0 unspecified atom stereocenters. The zero-order valence-electron chi connectivity index (χ0n) is 24.3. The highest BCUT2D eigenvalue weighted by molar-refractivity contribution is 7.86. The molecule has 1 aliphatic heterocycles. The first-order chi connectivity index (χ1) is 20.3. The van der Waals surface area contributed by atoms with Gasteiger partial charge in [0.15, 0.2) is 5.75 Å². The maximum Gasteiger partial charge on any atom is 0.264 e. The minimum atomic E-state index is -4.09. The first-order valence-corrected chi connectivity index (χ1v) is 18.2. The van der Waals surface area contributed by atoms with Crippen LogP contribution in [0.15, 0.2) is 66.1 Å². The Kier molecular flexibility index (Phi) is 9.01. The van der Waals surface area contributed by atoms with Crippen molar-refractivity contribution in [1.82, 2.24) is 0 Å². The molecule has 1 aliphatic rings. The Hall–Kier alpha value is -3.22. The van der Waals surface area contributed by atoms with E-state index in [9.17, 15) is 25.9 Å². The largest absolute Gasteiger partial charge is 0.439 e. The molecule has 0 saturated heterocycles. The average molecular weight is 642 g/mol. The van der Waals surface area contributed by atoms with Gasteiger partial charge >= 0.3 is 0 Å². The van der Waals surface area contributed by atoms with Crippen molar-refractivity contribution in [3.8, 4) is 5.75 Å². The summed E-state index contributed by atoms with van der Waals surface area (Å²) in [6.07, 6.45) is 5.74. The first-order valence-electron chi connectivity index (χ1n) is 14.2. The number of thiophene rings is 1. The minimum absolute atomic E-state index is 0.221. The van der Waals surface area contributed by atoms with Crippen LogP contribution in [0.3, 0.4) is 0 Å². The summed E-state index contributed by atoms with van der Waals surface area (Å²) < 4.78 is 71.9. The number of anilines is 1. The molecule has 4 aromatic rings. The van der Waals surface area contributed by atoms with Gasteiger partial charge in [0.25, 0.3) is 20.2 Å². The van der Waals surface area contributed by atoms with Crippen molar-refractivity contribution < 1.29 is 30.7 Å². The normalized spacial score (nSPS) is 15.0. The second kappa shape index (κ2) is 12.4. The summed E-state index contributed by atoms with van der Waals surface area (Å²) in [6.45, 7) is 6.41. The number of hydrogen-bond donors (Lipinski definition) is 2. The molecule has 2 heterocycles. The lowest BCUT2D eigenvalue weighted by Crippen LogP contribution is -2.23. The second-order valence-corrected chi connectivity index (χ2v) is 15.1. The SMILES string of the molecule is CCC(/C=C1\Oc2cc(C)c(C)cc2N1CCCS(=O)(=O)O)=C\c1sc2ccc3ccccc3c2c1CCCS(=O)(=O)O. The number of hydrogen-bond acceptors (Lipinski definition) is 7. The maximum absolute atomic E-state index is 11.5. The number of fused-ring (bicyclic) bond motifs is 4. The van der Waals surface area contributed by atoms with Crippen LogP contribution in [0.5, 0.6) is 5.75 Å². The fourth-order valence-electron chi connectivity index (χ4n) is 5.42. The highest BCUT2D eigenvalue weighted by atomic mass is 32.2. The molecule has 228 valence electrons. The molecule has 0 bridgehead atoms. The van der Waals surface area contributed by atoms with Crippen molar-refractivity contribution in [3.63, 3.8) is 0 Å². The quantitative estimate of drug-likeness (QED) is 0.164. The van der Waals surface area contributed by atoms with Gasteiger partial charge in [0.1, 0.15) is 0 Å². The molecule has 3 aromatic carbocycles. The summed E-state index contributed by atoms with van der Waals surface area (Å²) in [5, 5.41) is 3.29. The van der Waals surface area contributed by atoms with E-state index >= 15 is 0 Å². The van der Waals surface area contributed by atoms with E-state index < -0.39 is 20.2 Å². The number of allylic oxidation sites excluding steroid dienone is 2. The number of aryl methyl sites for hydroxylation is 3. The molecule has 1 aromatic heterocycles. The summed E-state index contributed by atoms with van der Waals surface area (Å²) in [5.41, 5.74) is 5.02. The molecule has 0 radical (unpaired) electrons. The van der Waals surface area contributed by atoms with E-state index in [1.165, 1.54) is 0 Å². The fraction of sp³-hybridized carbons (Fsp3) is 0.312. The second-order valence-electron chi connectivity index (χ2n) is 10.8. The van der Waals surface area contributed by atoms with Crippen molar-refractivity contribution >= 4 is 64.2 Å². The molecule has 2 N–H and O–H groups in total. The van der Waals surface area contributed by atoms with Gasteiger partial charge in [-0.25, -0.2) is 0 Å². The first kappa shape index (κ1) is 31.2. The fourth-order valence-corrected chi connectivity index (χ4v) is 7.67. The van der Waals surface area contributed by atoms with Crippen LogP contribution in [0.4, 0.5) is 5.69 Å². The molecule has 0 atom stereocenters. The molecule has 0 fully saturated rings. The molecular formula is C32H35NO7S3. The maximum atomic E-state index is 11.5. The summed E-state index contributed by atoms with van der Waals surface area (Å²) >= 11 is 1.64. The Bertz CT molecular complexity index is 1970. The van der Waals surface area contributed by atoms with Crippen LogP contribution >= 0.6 is 11.3 Å². The van der Waals surface area contributed by atoms with E-state index in [1.807, 2.05) is 56.0 Å². The van der Waals surface area contributed by atoms with Crippen LogP contribution < -0.4 is 9.64 Å². The van der Waals surface area contributed by atoms with Crippen LogP contribution in [-0.2, 0) is 26.7 Å². The summed E-state index contributed by atoms with van der Waals surface area (Å²) in [4.78, 5) is 2.96. The van der Waals surface area contributed by atoms with Crippen molar-refractivity contribution in [2.24, 2.45) is 0 Å². The zero-order valence-corrected chi connectivity index (χ0v) is 26.8. The van der Waals surface area contributed by atoms with Gasteiger partial charge in [-0.2, -0.15) is 16.8 Å². The summed E-state index contributed by atoms with van der Waals surface area (Å²) in [5.74, 6) is 0.599. The van der Waals surface area contributed by atoms with Gasteiger partial charge < -0.3 is 9.64 Å². The molecule has 5 rings (SSSR count). The van der Waals surface area contributed by atoms with E-state index in [0.29, 0.717) is 31.0 Å². The van der Waals surface area contributed by atoms with Gasteiger partial charge in [0, 0.05) is 27.6 Å². The number of nitrogens with zero attached hydrogens (tertiary/aromatic N) is 1. The highest BCUT2D eigenvalue weighted by Crippen LogP contribution is 2.42. The standard InChI is InChI=1S/C32H35NO7S3/c1-4-23(20-31-33(14-8-16-43(37,38)39)27-17-21(2)22(3)18-28(27)40-31)19-30-26(11-7-15-42(34,35)36)32-25-10-6-5-9-24(25)12-13-29(32)41-30/h5-6,9-10,12-13,17-20H,4,7-8,11,14-16H2,1-3H3,(H,34,35,36)(H,37,38,39)/b23-19+,31-20-. The zero-order chi connectivity index (χ0) is 30.9. The van der Waals surface area contributed by atoms with Crippen LogP contribution in [-0.4, -0.2) is 44.0 Å². The lowest BCUT2D eigenvalue weighted by molar-refractivity contribution is 0.436. The van der Waals surface area contributed by atoms with Gasteiger partial charge in [-0.1, -0.05) is 37.3 Å². The van der Waals surface area contributed by atoms with E-state index in [-0.39, 0.29) is 24.3 Å². The summed E-state index contributed by atoms with van der Waals surface area (Å²) in [7, 11) is -8.18.